The summed E-state index contributed by atoms with van der Waals surface area (Å²) in [6.07, 6.45) is 21.6. The van der Waals surface area contributed by atoms with Gasteiger partial charge in [0.2, 0.25) is 0 Å². The summed E-state index contributed by atoms with van der Waals surface area (Å²) in [7, 11) is 1.45. The molecule has 136 valence electrons. The molecule has 0 saturated heterocycles. The zero-order valence-electron chi connectivity index (χ0n) is 15.8. The molecule has 0 amide bonds. The van der Waals surface area contributed by atoms with Crippen LogP contribution in [0.3, 0.4) is 0 Å². The predicted octanol–water partition coefficient (Wildman–Crippen LogP) is 6.83. The van der Waals surface area contributed by atoms with E-state index in [1.54, 1.807) is 6.08 Å². The van der Waals surface area contributed by atoms with E-state index in [1.807, 2.05) is 0 Å². The van der Waals surface area contributed by atoms with Gasteiger partial charge in [0.15, 0.2) is 0 Å². The van der Waals surface area contributed by atoms with Crippen molar-refractivity contribution in [3.63, 3.8) is 0 Å². The largest absolute Gasteiger partial charge is 0.469 e. The number of rotatable bonds is 17. The lowest BCUT2D eigenvalue weighted by Crippen LogP contribution is -2.13. The number of esters is 1. The zero-order chi connectivity index (χ0) is 17.2. The maximum absolute atomic E-state index is 11.4. The minimum Gasteiger partial charge on any atom is -0.469 e. The topological polar surface area (TPSA) is 26.3 Å². The Hall–Kier alpha value is -0.790. The number of unbranched alkanes of at least 4 members (excludes halogenated alkanes) is 13. The average molecular weight is 325 g/mol. The van der Waals surface area contributed by atoms with E-state index in [0.29, 0.717) is 0 Å². The second kappa shape index (κ2) is 17.6. The standard InChI is InChI=1S/C21H40O2/c1-4-6-7-8-9-10-11-12-13-14-15-16-17-18-19-20(5-2)21(22)23-3/h5,20H,2,4,6-19H2,1,3H3. The number of methoxy groups -OCH3 is 1. The van der Waals surface area contributed by atoms with E-state index in [-0.39, 0.29) is 11.9 Å². The quantitative estimate of drug-likeness (QED) is 0.166. The van der Waals surface area contributed by atoms with E-state index >= 15 is 0 Å². The zero-order valence-corrected chi connectivity index (χ0v) is 15.8. The Balaban J connectivity index is 3.21. The van der Waals surface area contributed by atoms with Crippen molar-refractivity contribution < 1.29 is 9.53 Å². The van der Waals surface area contributed by atoms with Gasteiger partial charge in [0.1, 0.15) is 0 Å². The van der Waals surface area contributed by atoms with Crippen LogP contribution in [-0.4, -0.2) is 13.1 Å². The first-order valence-corrected chi connectivity index (χ1v) is 9.96. The second-order valence-corrected chi connectivity index (χ2v) is 6.75. The third-order valence-electron chi connectivity index (χ3n) is 4.66. The Kier molecular flexibility index (Phi) is 17.0. The SMILES string of the molecule is C=CC(CCCCCCCCCCCCCCCC)C(=O)OC. The summed E-state index contributed by atoms with van der Waals surface area (Å²) >= 11 is 0. The average Bonchev–Trinajstić information content (AvgIpc) is 2.58. The number of ether oxygens (including phenoxy) is 1. The molecule has 1 atom stereocenters. The first-order chi connectivity index (χ1) is 11.3. The molecule has 2 heteroatoms. The molecule has 0 aliphatic heterocycles. The van der Waals surface area contributed by atoms with E-state index < -0.39 is 0 Å². The fourth-order valence-corrected chi connectivity index (χ4v) is 3.04. The van der Waals surface area contributed by atoms with Crippen LogP contribution in [-0.2, 0) is 9.53 Å². The number of carbonyl (C=O) groups is 1. The van der Waals surface area contributed by atoms with E-state index in [2.05, 4.69) is 13.5 Å². The fraction of sp³-hybridized carbons (Fsp3) is 0.857. The number of hydrogen-bond acceptors (Lipinski definition) is 2. The lowest BCUT2D eigenvalue weighted by atomic mass is 10.00. The Morgan fingerprint density at radius 1 is 0.826 bits per heavy atom. The highest BCUT2D eigenvalue weighted by Gasteiger charge is 2.13. The molecule has 0 radical (unpaired) electrons. The van der Waals surface area contributed by atoms with E-state index in [0.717, 1.165) is 12.8 Å². The van der Waals surface area contributed by atoms with E-state index in [1.165, 1.54) is 90.6 Å². The van der Waals surface area contributed by atoms with Crippen LogP contribution >= 0.6 is 0 Å². The van der Waals surface area contributed by atoms with Gasteiger partial charge in [-0.3, -0.25) is 4.79 Å². The van der Waals surface area contributed by atoms with E-state index in [9.17, 15) is 4.79 Å². The minimum absolute atomic E-state index is 0.114. The summed E-state index contributed by atoms with van der Waals surface area (Å²) in [5.41, 5.74) is 0. The molecule has 0 spiro atoms. The Morgan fingerprint density at radius 3 is 1.57 bits per heavy atom. The predicted molar refractivity (Wildman–Crippen MR) is 101 cm³/mol. The van der Waals surface area contributed by atoms with Gasteiger partial charge in [0.25, 0.3) is 0 Å². The number of carbonyl (C=O) groups excluding carboxylic acids is 1. The smallest absolute Gasteiger partial charge is 0.312 e. The molecule has 23 heavy (non-hydrogen) atoms. The highest BCUT2D eigenvalue weighted by atomic mass is 16.5. The summed E-state index contributed by atoms with van der Waals surface area (Å²) in [6, 6.07) is 0. The summed E-state index contributed by atoms with van der Waals surface area (Å²) in [5, 5.41) is 0. The molecule has 0 heterocycles. The first-order valence-electron chi connectivity index (χ1n) is 9.96. The van der Waals surface area contributed by atoms with Crippen LogP contribution in [0.1, 0.15) is 103 Å². The van der Waals surface area contributed by atoms with Gasteiger partial charge in [0, 0.05) is 0 Å². The minimum atomic E-state index is -0.144. The molecular weight excluding hydrogens is 284 g/mol. The molecule has 0 fully saturated rings. The van der Waals surface area contributed by atoms with Gasteiger partial charge in [0.05, 0.1) is 13.0 Å². The van der Waals surface area contributed by atoms with Crippen molar-refractivity contribution in [1.82, 2.24) is 0 Å². The molecule has 0 aromatic heterocycles. The van der Waals surface area contributed by atoms with Crippen LogP contribution in [0.25, 0.3) is 0 Å². The molecule has 0 saturated carbocycles. The van der Waals surface area contributed by atoms with Crippen molar-refractivity contribution in [2.45, 2.75) is 103 Å². The molecule has 2 nitrogen and oxygen atoms in total. The third kappa shape index (κ3) is 14.5. The van der Waals surface area contributed by atoms with Gasteiger partial charge in [-0.05, 0) is 6.42 Å². The number of hydrogen-bond donors (Lipinski definition) is 0. The van der Waals surface area contributed by atoms with Gasteiger partial charge in [-0.1, -0.05) is 103 Å². The summed E-state index contributed by atoms with van der Waals surface area (Å²) in [6.45, 7) is 5.99. The Labute approximate surface area is 145 Å². The monoisotopic (exact) mass is 324 g/mol. The van der Waals surface area contributed by atoms with Crippen LogP contribution < -0.4 is 0 Å². The van der Waals surface area contributed by atoms with Crippen molar-refractivity contribution in [1.29, 1.82) is 0 Å². The van der Waals surface area contributed by atoms with Crippen molar-refractivity contribution >= 4 is 5.97 Å². The normalized spacial score (nSPS) is 12.1. The van der Waals surface area contributed by atoms with Crippen molar-refractivity contribution in [3.8, 4) is 0 Å². The van der Waals surface area contributed by atoms with E-state index in [4.69, 9.17) is 4.74 Å². The molecular formula is C21H40O2. The van der Waals surface area contributed by atoms with Gasteiger partial charge >= 0.3 is 5.97 Å². The van der Waals surface area contributed by atoms with Gasteiger partial charge < -0.3 is 4.74 Å². The lowest BCUT2D eigenvalue weighted by molar-refractivity contribution is -0.143. The van der Waals surface area contributed by atoms with Crippen LogP contribution in [0.2, 0.25) is 0 Å². The molecule has 0 aliphatic carbocycles. The summed E-state index contributed by atoms with van der Waals surface area (Å²) in [4.78, 5) is 11.4. The highest BCUT2D eigenvalue weighted by Crippen LogP contribution is 2.16. The first kappa shape index (κ1) is 22.2. The van der Waals surface area contributed by atoms with Gasteiger partial charge in [-0.15, -0.1) is 6.58 Å². The van der Waals surface area contributed by atoms with Crippen LogP contribution in [0, 0.1) is 5.92 Å². The summed E-state index contributed by atoms with van der Waals surface area (Å²) < 4.78 is 4.76. The van der Waals surface area contributed by atoms with Crippen LogP contribution in [0.15, 0.2) is 12.7 Å². The molecule has 0 bridgehead atoms. The Morgan fingerprint density at radius 2 is 1.22 bits per heavy atom. The molecule has 0 N–H and O–H groups in total. The van der Waals surface area contributed by atoms with Crippen molar-refractivity contribution in [3.05, 3.63) is 12.7 Å². The fourth-order valence-electron chi connectivity index (χ4n) is 3.04. The maximum atomic E-state index is 11.4. The maximum Gasteiger partial charge on any atom is 0.312 e. The second-order valence-electron chi connectivity index (χ2n) is 6.75. The van der Waals surface area contributed by atoms with Crippen LogP contribution in [0.5, 0.6) is 0 Å². The molecule has 0 aromatic rings. The molecule has 0 aliphatic rings. The molecule has 0 aromatic carbocycles. The molecule has 1 unspecified atom stereocenters. The lowest BCUT2D eigenvalue weighted by Gasteiger charge is -2.09. The molecule has 0 rings (SSSR count). The van der Waals surface area contributed by atoms with Crippen LogP contribution in [0.4, 0.5) is 0 Å². The van der Waals surface area contributed by atoms with Crippen molar-refractivity contribution in [2.24, 2.45) is 5.92 Å². The van der Waals surface area contributed by atoms with Gasteiger partial charge in [-0.2, -0.15) is 0 Å². The van der Waals surface area contributed by atoms with Gasteiger partial charge in [-0.25, -0.2) is 0 Å². The van der Waals surface area contributed by atoms with Crippen molar-refractivity contribution in [2.75, 3.05) is 7.11 Å². The third-order valence-corrected chi connectivity index (χ3v) is 4.66. The summed E-state index contributed by atoms with van der Waals surface area (Å²) in [5.74, 6) is -0.257. The highest BCUT2D eigenvalue weighted by molar-refractivity contribution is 5.74. The Bertz CT molecular complexity index is 273.